The number of nitrogens with zero attached hydrogens (tertiary/aromatic N) is 1. The molecule has 0 aliphatic carbocycles. The van der Waals surface area contributed by atoms with E-state index >= 15 is 0 Å². The summed E-state index contributed by atoms with van der Waals surface area (Å²) in [4.78, 5) is 10.5. The van der Waals surface area contributed by atoms with Crippen LogP contribution in [0.2, 0.25) is 0 Å². The van der Waals surface area contributed by atoms with Crippen LogP contribution >= 0.6 is 0 Å². The Morgan fingerprint density at radius 2 is 1.90 bits per heavy atom. The van der Waals surface area contributed by atoms with Gasteiger partial charge in [-0.1, -0.05) is 18.2 Å². The van der Waals surface area contributed by atoms with Crippen LogP contribution in [0.5, 0.6) is 0 Å². The molecule has 0 unspecified atom stereocenters. The Balaban J connectivity index is 2.38. The average molecular weight is 282 g/mol. The lowest BCUT2D eigenvalue weighted by atomic mass is 10.2. The molecule has 0 aliphatic rings. The Morgan fingerprint density at radius 3 is 2.50 bits per heavy atom. The predicted molar refractivity (Wildman–Crippen MR) is 76.5 cm³/mol. The van der Waals surface area contributed by atoms with Crippen molar-refractivity contribution in [3.05, 3.63) is 39.9 Å². The van der Waals surface area contributed by atoms with E-state index in [0.29, 0.717) is 38.3 Å². The molecule has 6 heteroatoms. The van der Waals surface area contributed by atoms with Crippen molar-refractivity contribution in [2.45, 2.75) is 33.1 Å². The summed E-state index contributed by atoms with van der Waals surface area (Å²) in [5.41, 5.74) is 0.827. The number of benzene rings is 1. The molecule has 0 atom stereocenters. The normalized spacial score (nSPS) is 10.9. The minimum atomic E-state index is -0.361. The minimum absolute atomic E-state index is 0.145. The van der Waals surface area contributed by atoms with E-state index in [2.05, 4.69) is 5.32 Å². The highest BCUT2D eigenvalue weighted by Crippen LogP contribution is 2.17. The molecule has 0 amide bonds. The van der Waals surface area contributed by atoms with Crippen LogP contribution in [-0.2, 0) is 16.0 Å². The summed E-state index contributed by atoms with van der Waals surface area (Å²) in [7, 11) is 0. The average Bonchev–Trinajstić information content (AvgIpc) is 2.44. The third kappa shape index (κ3) is 5.64. The van der Waals surface area contributed by atoms with Crippen LogP contribution in [0.15, 0.2) is 24.3 Å². The molecule has 112 valence electrons. The molecule has 0 saturated carbocycles. The molecule has 6 nitrogen and oxygen atoms in total. The van der Waals surface area contributed by atoms with Crippen molar-refractivity contribution >= 4 is 5.69 Å². The quantitative estimate of drug-likeness (QED) is 0.309. The first-order valence-electron chi connectivity index (χ1n) is 6.85. The van der Waals surface area contributed by atoms with Crippen molar-refractivity contribution in [3.8, 4) is 0 Å². The molecule has 1 rings (SSSR count). The summed E-state index contributed by atoms with van der Waals surface area (Å²) in [5.74, 6) is 0. The van der Waals surface area contributed by atoms with Crippen molar-refractivity contribution in [3.63, 3.8) is 0 Å². The highest BCUT2D eigenvalue weighted by Gasteiger charge is 2.12. The van der Waals surface area contributed by atoms with E-state index < -0.39 is 0 Å². The second kappa shape index (κ2) is 9.41. The Kier molecular flexibility index (Phi) is 7.79. The first-order chi connectivity index (χ1) is 9.69. The van der Waals surface area contributed by atoms with Crippen molar-refractivity contribution in [1.82, 2.24) is 5.32 Å². The second-order valence-electron chi connectivity index (χ2n) is 4.19. The maximum Gasteiger partial charge on any atom is 0.273 e. The lowest BCUT2D eigenvalue weighted by Gasteiger charge is -2.17. The minimum Gasteiger partial charge on any atom is -0.353 e. The second-order valence-corrected chi connectivity index (χ2v) is 4.19. The Labute approximate surface area is 119 Å². The van der Waals surface area contributed by atoms with Gasteiger partial charge in [0.25, 0.3) is 5.69 Å². The van der Waals surface area contributed by atoms with Crippen LogP contribution in [0.25, 0.3) is 0 Å². The fourth-order valence-corrected chi connectivity index (χ4v) is 1.87. The van der Waals surface area contributed by atoms with E-state index in [1.807, 2.05) is 13.8 Å². The molecular weight excluding hydrogens is 260 g/mol. The lowest BCUT2D eigenvalue weighted by molar-refractivity contribution is -0.385. The summed E-state index contributed by atoms with van der Waals surface area (Å²) in [6.07, 6.45) is 0.491. The largest absolute Gasteiger partial charge is 0.353 e. The molecule has 0 heterocycles. The fourth-order valence-electron chi connectivity index (χ4n) is 1.87. The monoisotopic (exact) mass is 282 g/mol. The van der Waals surface area contributed by atoms with Gasteiger partial charge in [-0.15, -0.1) is 0 Å². The van der Waals surface area contributed by atoms with E-state index in [4.69, 9.17) is 9.47 Å². The number of rotatable bonds is 10. The molecule has 0 aromatic heterocycles. The van der Waals surface area contributed by atoms with Gasteiger partial charge < -0.3 is 14.8 Å². The van der Waals surface area contributed by atoms with Gasteiger partial charge in [-0.05, 0) is 13.8 Å². The zero-order valence-corrected chi connectivity index (χ0v) is 12.0. The molecule has 0 spiro atoms. The Hall–Kier alpha value is -1.50. The fraction of sp³-hybridized carbons (Fsp3) is 0.571. The van der Waals surface area contributed by atoms with Gasteiger partial charge in [0.1, 0.15) is 0 Å². The van der Waals surface area contributed by atoms with Crippen LogP contribution < -0.4 is 5.32 Å². The van der Waals surface area contributed by atoms with E-state index in [0.717, 1.165) is 0 Å². The number of nitro groups is 1. The summed E-state index contributed by atoms with van der Waals surface area (Å²) in [6.45, 7) is 6.20. The highest BCUT2D eigenvalue weighted by atomic mass is 16.7. The molecule has 1 N–H and O–H groups in total. The SMILES string of the molecule is CCOC(CCNCc1ccccc1[N+](=O)[O-])OCC. The van der Waals surface area contributed by atoms with Gasteiger partial charge in [-0.25, -0.2) is 0 Å². The summed E-state index contributed by atoms with van der Waals surface area (Å²) in [6, 6.07) is 6.74. The van der Waals surface area contributed by atoms with Gasteiger partial charge in [-0.3, -0.25) is 10.1 Å². The van der Waals surface area contributed by atoms with Crippen molar-refractivity contribution in [1.29, 1.82) is 0 Å². The molecule has 0 aliphatic heterocycles. The number of para-hydroxylation sites is 1. The van der Waals surface area contributed by atoms with E-state index in [9.17, 15) is 10.1 Å². The van der Waals surface area contributed by atoms with Crippen molar-refractivity contribution in [2.75, 3.05) is 19.8 Å². The number of nitro benzene ring substituents is 1. The van der Waals surface area contributed by atoms with E-state index in [-0.39, 0.29) is 16.9 Å². The van der Waals surface area contributed by atoms with Gasteiger partial charge in [0, 0.05) is 44.4 Å². The molecule has 0 radical (unpaired) electrons. The van der Waals surface area contributed by atoms with Crippen LogP contribution in [0, 0.1) is 10.1 Å². The predicted octanol–water partition coefficient (Wildman–Crippen LogP) is 2.47. The van der Waals surface area contributed by atoms with Crippen LogP contribution in [0.3, 0.4) is 0 Å². The van der Waals surface area contributed by atoms with Crippen LogP contribution in [0.1, 0.15) is 25.8 Å². The first kappa shape index (κ1) is 16.6. The maximum absolute atomic E-state index is 10.9. The standard InChI is InChI=1S/C14H22N2O4/c1-3-19-14(20-4-2)9-10-15-11-12-7-5-6-8-13(12)16(17)18/h5-8,14-15H,3-4,9-11H2,1-2H3. The van der Waals surface area contributed by atoms with Crippen molar-refractivity contribution < 1.29 is 14.4 Å². The third-order valence-electron chi connectivity index (χ3n) is 2.77. The number of ether oxygens (including phenoxy) is 2. The van der Waals surface area contributed by atoms with Gasteiger partial charge >= 0.3 is 0 Å². The van der Waals surface area contributed by atoms with Gasteiger partial charge in [-0.2, -0.15) is 0 Å². The molecule has 1 aromatic carbocycles. The van der Waals surface area contributed by atoms with E-state index in [1.165, 1.54) is 6.07 Å². The molecule has 1 aromatic rings. The van der Waals surface area contributed by atoms with Crippen LogP contribution in [0.4, 0.5) is 5.69 Å². The summed E-state index contributed by atoms with van der Waals surface area (Å²) < 4.78 is 10.9. The summed E-state index contributed by atoms with van der Waals surface area (Å²) in [5, 5.41) is 14.1. The van der Waals surface area contributed by atoms with E-state index in [1.54, 1.807) is 18.2 Å². The van der Waals surface area contributed by atoms with Crippen LogP contribution in [-0.4, -0.2) is 31.0 Å². The lowest BCUT2D eigenvalue weighted by Crippen LogP contribution is -2.24. The smallest absolute Gasteiger partial charge is 0.273 e. The topological polar surface area (TPSA) is 73.6 Å². The highest BCUT2D eigenvalue weighted by molar-refractivity contribution is 5.39. The maximum atomic E-state index is 10.9. The Morgan fingerprint density at radius 1 is 1.25 bits per heavy atom. The van der Waals surface area contributed by atoms with Gasteiger partial charge in [0.2, 0.25) is 0 Å². The first-order valence-corrected chi connectivity index (χ1v) is 6.85. The molecule has 0 fully saturated rings. The number of hydrogen-bond donors (Lipinski definition) is 1. The van der Waals surface area contributed by atoms with Crippen molar-refractivity contribution in [2.24, 2.45) is 0 Å². The molecular formula is C14H22N2O4. The number of hydrogen-bond acceptors (Lipinski definition) is 5. The summed E-state index contributed by atoms with van der Waals surface area (Å²) >= 11 is 0. The molecule has 20 heavy (non-hydrogen) atoms. The molecule has 0 saturated heterocycles. The van der Waals surface area contributed by atoms with Gasteiger partial charge in [0.15, 0.2) is 6.29 Å². The zero-order chi connectivity index (χ0) is 14.8. The van der Waals surface area contributed by atoms with Gasteiger partial charge in [0.05, 0.1) is 4.92 Å². The third-order valence-corrected chi connectivity index (χ3v) is 2.77. The Bertz CT molecular complexity index is 406. The molecule has 0 bridgehead atoms. The zero-order valence-electron chi connectivity index (χ0n) is 12.0. The number of nitrogens with one attached hydrogen (secondary N) is 1.